The summed E-state index contributed by atoms with van der Waals surface area (Å²) in [4.78, 5) is 10.5. The molecular formula is C11H11FO3. The number of carboxylic acid groups (broad SMARTS) is 1. The maximum absolute atomic E-state index is 12.8. The monoisotopic (exact) mass is 210 g/mol. The van der Waals surface area contributed by atoms with Crippen LogP contribution in [-0.4, -0.2) is 17.2 Å². The maximum atomic E-state index is 12.8. The summed E-state index contributed by atoms with van der Waals surface area (Å²) in [6.45, 7) is 0. The molecule has 0 bridgehead atoms. The average Bonchev–Trinajstić information content (AvgIpc) is 2.10. The van der Waals surface area contributed by atoms with Gasteiger partial charge < -0.3 is 9.84 Å². The zero-order valence-corrected chi connectivity index (χ0v) is 8.02. The average molecular weight is 210 g/mol. The fourth-order valence-electron chi connectivity index (χ4n) is 1.60. The Kier molecular flexibility index (Phi) is 2.58. The van der Waals surface area contributed by atoms with E-state index in [0.29, 0.717) is 18.6 Å². The van der Waals surface area contributed by atoms with Crippen LogP contribution in [0.2, 0.25) is 0 Å². The predicted molar refractivity (Wildman–Crippen MR) is 51.2 cm³/mol. The van der Waals surface area contributed by atoms with E-state index in [2.05, 4.69) is 0 Å². The van der Waals surface area contributed by atoms with E-state index in [1.54, 1.807) is 12.1 Å². The molecular weight excluding hydrogens is 199 g/mol. The standard InChI is InChI=1S/C11H11FO3/c12-8-2-1-3-9(6-8)15-10-4-7(5-10)11(13)14/h1-3,6-7,10H,4-5H2,(H,13,14)/t7-,10-. The lowest BCUT2D eigenvalue weighted by molar-refractivity contribution is -0.147. The Morgan fingerprint density at radius 3 is 2.80 bits per heavy atom. The van der Waals surface area contributed by atoms with E-state index in [-0.39, 0.29) is 17.8 Å². The fraction of sp³-hybridized carbons (Fsp3) is 0.364. The van der Waals surface area contributed by atoms with Crippen molar-refractivity contribution in [3.8, 4) is 5.75 Å². The fourth-order valence-corrected chi connectivity index (χ4v) is 1.60. The van der Waals surface area contributed by atoms with E-state index in [1.165, 1.54) is 12.1 Å². The highest BCUT2D eigenvalue weighted by atomic mass is 19.1. The minimum absolute atomic E-state index is 0.0899. The van der Waals surface area contributed by atoms with Crippen molar-refractivity contribution >= 4 is 5.97 Å². The van der Waals surface area contributed by atoms with Crippen molar-refractivity contribution in [3.05, 3.63) is 30.1 Å². The number of benzene rings is 1. The largest absolute Gasteiger partial charge is 0.490 e. The molecule has 1 N–H and O–H groups in total. The Balaban J connectivity index is 1.87. The highest BCUT2D eigenvalue weighted by Gasteiger charge is 2.35. The normalized spacial score (nSPS) is 24.3. The molecule has 80 valence electrons. The van der Waals surface area contributed by atoms with Gasteiger partial charge in [0.2, 0.25) is 0 Å². The number of carbonyl (C=O) groups is 1. The van der Waals surface area contributed by atoms with E-state index < -0.39 is 5.97 Å². The molecule has 0 saturated heterocycles. The number of hydrogen-bond donors (Lipinski definition) is 1. The quantitative estimate of drug-likeness (QED) is 0.830. The number of aliphatic carboxylic acids is 1. The molecule has 1 aromatic rings. The summed E-state index contributed by atoms with van der Waals surface area (Å²) in [5.74, 6) is -0.969. The van der Waals surface area contributed by atoms with Crippen LogP contribution in [0.1, 0.15) is 12.8 Å². The molecule has 0 amide bonds. The first-order valence-electron chi connectivity index (χ1n) is 4.80. The van der Waals surface area contributed by atoms with Gasteiger partial charge in [-0.3, -0.25) is 4.79 Å². The van der Waals surface area contributed by atoms with Crippen LogP contribution >= 0.6 is 0 Å². The van der Waals surface area contributed by atoms with Crippen LogP contribution in [0, 0.1) is 11.7 Å². The van der Waals surface area contributed by atoms with E-state index in [1.807, 2.05) is 0 Å². The minimum Gasteiger partial charge on any atom is -0.490 e. The molecule has 4 heteroatoms. The van der Waals surface area contributed by atoms with Gasteiger partial charge in [-0.05, 0) is 25.0 Å². The third kappa shape index (κ3) is 2.26. The van der Waals surface area contributed by atoms with Gasteiger partial charge in [-0.15, -0.1) is 0 Å². The summed E-state index contributed by atoms with van der Waals surface area (Å²) in [5, 5.41) is 8.65. The smallest absolute Gasteiger partial charge is 0.306 e. The van der Waals surface area contributed by atoms with Gasteiger partial charge in [-0.25, -0.2) is 4.39 Å². The number of ether oxygens (including phenoxy) is 1. The zero-order valence-electron chi connectivity index (χ0n) is 8.02. The Hall–Kier alpha value is -1.58. The molecule has 0 unspecified atom stereocenters. The third-order valence-electron chi connectivity index (χ3n) is 2.54. The van der Waals surface area contributed by atoms with Gasteiger partial charge in [0.15, 0.2) is 0 Å². The van der Waals surface area contributed by atoms with Crippen molar-refractivity contribution in [1.82, 2.24) is 0 Å². The van der Waals surface area contributed by atoms with Crippen LogP contribution in [0.25, 0.3) is 0 Å². The first kappa shape index (κ1) is 9.96. The maximum Gasteiger partial charge on any atom is 0.306 e. The first-order valence-corrected chi connectivity index (χ1v) is 4.80. The van der Waals surface area contributed by atoms with Crippen molar-refractivity contribution in [2.75, 3.05) is 0 Å². The molecule has 0 aliphatic heterocycles. The second-order valence-electron chi connectivity index (χ2n) is 3.70. The topological polar surface area (TPSA) is 46.5 Å². The Morgan fingerprint density at radius 1 is 1.47 bits per heavy atom. The zero-order chi connectivity index (χ0) is 10.8. The molecule has 0 spiro atoms. The van der Waals surface area contributed by atoms with Crippen molar-refractivity contribution in [2.45, 2.75) is 18.9 Å². The second kappa shape index (κ2) is 3.88. The van der Waals surface area contributed by atoms with E-state index in [0.717, 1.165) is 0 Å². The van der Waals surface area contributed by atoms with Crippen LogP contribution < -0.4 is 4.74 Å². The van der Waals surface area contributed by atoms with Crippen LogP contribution in [0.15, 0.2) is 24.3 Å². The summed E-state index contributed by atoms with van der Waals surface area (Å²) in [7, 11) is 0. The van der Waals surface area contributed by atoms with Gasteiger partial charge in [0.1, 0.15) is 17.7 Å². The van der Waals surface area contributed by atoms with Gasteiger partial charge >= 0.3 is 5.97 Å². The lowest BCUT2D eigenvalue weighted by Gasteiger charge is -2.32. The highest BCUT2D eigenvalue weighted by molar-refractivity contribution is 5.71. The minimum atomic E-state index is -0.783. The van der Waals surface area contributed by atoms with Gasteiger partial charge in [-0.1, -0.05) is 6.07 Å². The number of halogens is 1. The molecule has 0 aromatic heterocycles. The number of hydrogen-bond acceptors (Lipinski definition) is 2. The summed E-state index contributed by atoms with van der Waals surface area (Å²) in [5.41, 5.74) is 0. The molecule has 1 aliphatic rings. The number of carboxylic acids is 1. The van der Waals surface area contributed by atoms with Crippen LogP contribution in [0.4, 0.5) is 4.39 Å². The van der Waals surface area contributed by atoms with Gasteiger partial charge in [0.05, 0.1) is 5.92 Å². The van der Waals surface area contributed by atoms with E-state index in [9.17, 15) is 9.18 Å². The molecule has 15 heavy (non-hydrogen) atoms. The SMILES string of the molecule is O=C(O)[C@H]1C[C@H](Oc2cccc(F)c2)C1. The molecule has 0 heterocycles. The second-order valence-corrected chi connectivity index (χ2v) is 3.70. The van der Waals surface area contributed by atoms with Crippen molar-refractivity contribution in [2.24, 2.45) is 5.92 Å². The third-order valence-corrected chi connectivity index (χ3v) is 2.54. The Labute approximate surface area is 86.5 Å². The molecule has 1 saturated carbocycles. The van der Waals surface area contributed by atoms with Crippen molar-refractivity contribution < 1.29 is 19.0 Å². The molecule has 1 fully saturated rings. The summed E-state index contributed by atoms with van der Waals surface area (Å²) < 4.78 is 18.2. The van der Waals surface area contributed by atoms with Gasteiger partial charge in [0, 0.05) is 6.07 Å². The van der Waals surface area contributed by atoms with Crippen molar-refractivity contribution in [1.29, 1.82) is 0 Å². The van der Waals surface area contributed by atoms with Crippen molar-refractivity contribution in [3.63, 3.8) is 0 Å². The summed E-state index contributed by atoms with van der Waals surface area (Å²) >= 11 is 0. The van der Waals surface area contributed by atoms with Crippen LogP contribution in [0.5, 0.6) is 5.75 Å². The lowest BCUT2D eigenvalue weighted by Crippen LogP contribution is -2.38. The molecule has 2 rings (SSSR count). The molecule has 0 radical (unpaired) electrons. The van der Waals surface area contributed by atoms with E-state index in [4.69, 9.17) is 9.84 Å². The molecule has 3 nitrogen and oxygen atoms in total. The predicted octanol–water partition coefficient (Wildman–Crippen LogP) is 2.07. The van der Waals surface area contributed by atoms with Gasteiger partial charge in [0.25, 0.3) is 0 Å². The van der Waals surface area contributed by atoms with Gasteiger partial charge in [-0.2, -0.15) is 0 Å². The summed E-state index contributed by atoms with van der Waals surface area (Å²) in [6.07, 6.45) is 0.922. The summed E-state index contributed by atoms with van der Waals surface area (Å²) in [6, 6.07) is 5.87. The van der Waals surface area contributed by atoms with Crippen LogP contribution in [0.3, 0.4) is 0 Å². The van der Waals surface area contributed by atoms with E-state index >= 15 is 0 Å². The Bertz CT molecular complexity index is 372. The highest BCUT2D eigenvalue weighted by Crippen LogP contribution is 2.31. The lowest BCUT2D eigenvalue weighted by atomic mass is 9.82. The Morgan fingerprint density at radius 2 is 2.20 bits per heavy atom. The molecule has 1 aromatic carbocycles. The first-order chi connectivity index (χ1) is 7.15. The van der Waals surface area contributed by atoms with Crippen LogP contribution in [-0.2, 0) is 4.79 Å². The molecule has 1 aliphatic carbocycles. The number of rotatable bonds is 3. The molecule has 0 atom stereocenters.